The molecule has 0 aromatic rings. The van der Waals surface area contributed by atoms with Gasteiger partial charge in [0.1, 0.15) is 6.04 Å². The van der Waals surface area contributed by atoms with Crippen LogP contribution in [0.5, 0.6) is 0 Å². The van der Waals surface area contributed by atoms with E-state index in [9.17, 15) is 14.4 Å². The number of carbonyl (C=O) groups is 3. The molecule has 7 nitrogen and oxygen atoms in total. The van der Waals surface area contributed by atoms with Crippen LogP contribution in [0.25, 0.3) is 0 Å². The van der Waals surface area contributed by atoms with E-state index >= 15 is 0 Å². The molecule has 22 heavy (non-hydrogen) atoms. The van der Waals surface area contributed by atoms with Gasteiger partial charge < -0.3 is 19.7 Å². The summed E-state index contributed by atoms with van der Waals surface area (Å²) < 4.78 is 9.25. The Hall–Kier alpha value is -2.23. The number of nitrogens with zero attached hydrogens (tertiary/aromatic N) is 1. The first kappa shape index (κ1) is 16.1. The summed E-state index contributed by atoms with van der Waals surface area (Å²) in [7, 11) is 2.56. The molecule has 0 radical (unpaired) electrons. The van der Waals surface area contributed by atoms with Gasteiger partial charge in [0.25, 0.3) is 0 Å². The minimum atomic E-state index is -0.775. The van der Waals surface area contributed by atoms with Gasteiger partial charge in [0, 0.05) is 12.0 Å². The highest BCUT2D eigenvalue weighted by Gasteiger charge is 2.43. The summed E-state index contributed by atoms with van der Waals surface area (Å²) in [6.45, 7) is 1.78. The number of amides is 2. The summed E-state index contributed by atoms with van der Waals surface area (Å²) in [5, 5.41) is 2.54. The molecule has 2 amide bonds. The Kier molecular flexibility index (Phi) is 4.91. The second-order valence-electron chi connectivity index (χ2n) is 5.46. The number of hydrogen-bond acceptors (Lipinski definition) is 5. The Bertz CT molecular complexity index is 536. The number of hydrogen-bond donors (Lipinski definition) is 1. The zero-order valence-electron chi connectivity index (χ0n) is 12.9. The Labute approximate surface area is 129 Å². The van der Waals surface area contributed by atoms with Gasteiger partial charge in [-0.3, -0.25) is 9.59 Å². The normalized spacial score (nSPS) is 29.8. The molecule has 2 aliphatic heterocycles. The van der Waals surface area contributed by atoms with Crippen molar-refractivity contribution in [3.63, 3.8) is 0 Å². The molecule has 0 bridgehead atoms. The summed E-state index contributed by atoms with van der Waals surface area (Å²) >= 11 is 0. The number of nitrogens with one attached hydrogen (secondary N) is 1. The molecule has 1 fully saturated rings. The van der Waals surface area contributed by atoms with E-state index in [1.807, 2.05) is 0 Å². The molecule has 1 unspecified atom stereocenters. The maximum absolute atomic E-state index is 12.8. The molecule has 1 saturated heterocycles. The number of rotatable bonds is 3. The van der Waals surface area contributed by atoms with Crippen LogP contribution in [0.4, 0.5) is 4.79 Å². The lowest BCUT2D eigenvalue weighted by Crippen LogP contribution is -2.53. The van der Waals surface area contributed by atoms with Crippen LogP contribution in [0.15, 0.2) is 0 Å². The molecule has 1 N–H and O–H groups in total. The quantitative estimate of drug-likeness (QED) is 0.598. The third kappa shape index (κ3) is 3.16. The first-order chi connectivity index (χ1) is 10.5. The van der Waals surface area contributed by atoms with E-state index in [-0.39, 0.29) is 36.3 Å². The molecule has 0 aromatic heterocycles. The highest BCUT2D eigenvalue weighted by Crippen LogP contribution is 2.29. The Balaban J connectivity index is 2.21. The third-order valence-corrected chi connectivity index (χ3v) is 4.09. The van der Waals surface area contributed by atoms with Crippen molar-refractivity contribution in [1.29, 1.82) is 0 Å². The standard InChI is InChI=1S/C15H20N2O5/c1-9-4-5-10-6-7-11(8-12(18)21-2)17(10)14(19)13(9)16-15(20)22-3/h9-11,13H,6-8H2,1-3H3,(H,16,20)/t9?,10-,11-,13-/m0/s1. The maximum Gasteiger partial charge on any atom is 0.407 e. The zero-order chi connectivity index (χ0) is 16.3. The van der Waals surface area contributed by atoms with Crippen LogP contribution in [0, 0.1) is 17.8 Å². The first-order valence-electron chi connectivity index (χ1n) is 7.22. The first-order valence-corrected chi connectivity index (χ1v) is 7.22. The van der Waals surface area contributed by atoms with Crippen LogP contribution in [0.1, 0.15) is 26.2 Å². The van der Waals surface area contributed by atoms with Crippen molar-refractivity contribution >= 4 is 18.0 Å². The molecule has 2 aliphatic rings. The van der Waals surface area contributed by atoms with Gasteiger partial charge in [-0.05, 0) is 19.8 Å². The molecule has 7 heteroatoms. The van der Waals surface area contributed by atoms with Crippen molar-refractivity contribution in [2.24, 2.45) is 5.92 Å². The van der Waals surface area contributed by atoms with E-state index in [1.54, 1.807) is 11.8 Å². The summed E-state index contributed by atoms with van der Waals surface area (Å²) in [5.74, 6) is 5.16. The Morgan fingerprint density at radius 1 is 1.27 bits per heavy atom. The lowest BCUT2D eigenvalue weighted by molar-refractivity contribution is -0.143. The lowest BCUT2D eigenvalue weighted by Gasteiger charge is -2.30. The average molecular weight is 308 g/mol. The highest BCUT2D eigenvalue weighted by atomic mass is 16.5. The Morgan fingerprint density at radius 3 is 2.64 bits per heavy atom. The molecule has 0 aromatic carbocycles. The van der Waals surface area contributed by atoms with Crippen LogP contribution >= 0.6 is 0 Å². The summed E-state index contributed by atoms with van der Waals surface area (Å²) in [5.41, 5.74) is 0. The molecular formula is C15H20N2O5. The monoisotopic (exact) mass is 308 g/mol. The van der Waals surface area contributed by atoms with Crippen LogP contribution in [0.2, 0.25) is 0 Å². The minimum Gasteiger partial charge on any atom is -0.469 e. The largest absolute Gasteiger partial charge is 0.469 e. The summed E-state index contributed by atoms with van der Waals surface area (Å²) in [4.78, 5) is 37.4. The number of carbonyl (C=O) groups excluding carboxylic acids is 3. The fourth-order valence-corrected chi connectivity index (χ4v) is 2.89. The molecule has 2 rings (SSSR count). The number of esters is 1. The van der Waals surface area contributed by atoms with Crippen molar-refractivity contribution < 1.29 is 23.9 Å². The van der Waals surface area contributed by atoms with E-state index in [0.29, 0.717) is 6.42 Å². The van der Waals surface area contributed by atoms with Crippen molar-refractivity contribution in [3.05, 3.63) is 0 Å². The van der Waals surface area contributed by atoms with E-state index in [4.69, 9.17) is 0 Å². The van der Waals surface area contributed by atoms with Gasteiger partial charge in [-0.25, -0.2) is 4.79 Å². The van der Waals surface area contributed by atoms with Crippen molar-refractivity contribution in [2.75, 3.05) is 14.2 Å². The second-order valence-corrected chi connectivity index (χ2v) is 5.46. The zero-order valence-corrected chi connectivity index (χ0v) is 12.9. The smallest absolute Gasteiger partial charge is 0.407 e. The van der Waals surface area contributed by atoms with Gasteiger partial charge in [0.15, 0.2) is 0 Å². The SMILES string of the molecule is COC(=O)C[C@@H]1CC[C@@H]2C#CC(C)[C@H](NC(=O)OC)C(=O)N12. The number of ether oxygens (including phenoxy) is 2. The molecule has 4 atom stereocenters. The maximum atomic E-state index is 12.8. The fraction of sp³-hybridized carbons (Fsp3) is 0.667. The van der Waals surface area contributed by atoms with Crippen LogP contribution in [0.3, 0.4) is 0 Å². The van der Waals surface area contributed by atoms with Gasteiger partial charge in [-0.15, -0.1) is 0 Å². The molecule has 0 spiro atoms. The van der Waals surface area contributed by atoms with Gasteiger partial charge in [0.05, 0.1) is 26.7 Å². The Morgan fingerprint density at radius 2 is 2.00 bits per heavy atom. The van der Waals surface area contributed by atoms with Gasteiger partial charge in [-0.2, -0.15) is 0 Å². The second kappa shape index (κ2) is 6.69. The minimum absolute atomic E-state index is 0.139. The van der Waals surface area contributed by atoms with E-state index in [0.717, 1.165) is 6.42 Å². The van der Waals surface area contributed by atoms with Gasteiger partial charge in [-0.1, -0.05) is 11.8 Å². The fourth-order valence-electron chi connectivity index (χ4n) is 2.89. The van der Waals surface area contributed by atoms with Crippen molar-refractivity contribution in [1.82, 2.24) is 10.2 Å². The molecule has 0 saturated carbocycles. The van der Waals surface area contributed by atoms with Crippen LogP contribution in [-0.4, -0.2) is 55.2 Å². The number of alkyl carbamates (subject to hydrolysis) is 1. The van der Waals surface area contributed by atoms with Crippen molar-refractivity contribution in [2.45, 2.75) is 44.3 Å². The summed E-state index contributed by atoms with van der Waals surface area (Å²) in [6, 6.07) is -1.23. The highest BCUT2D eigenvalue weighted by molar-refractivity contribution is 5.88. The average Bonchev–Trinajstić information content (AvgIpc) is 2.86. The molecule has 120 valence electrons. The summed E-state index contributed by atoms with van der Waals surface area (Å²) in [6.07, 6.45) is 0.881. The number of methoxy groups -OCH3 is 2. The van der Waals surface area contributed by atoms with Crippen LogP contribution in [-0.2, 0) is 19.1 Å². The molecule has 2 heterocycles. The van der Waals surface area contributed by atoms with Crippen LogP contribution < -0.4 is 5.32 Å². The topological polar surface area (TPSA) is 84.9 Å². The third-order valence-electron chi connectivity index (χ3n) is 4.09. The molecular weight excluding hydrogens is 288 g/mol. The van der Waals surface area contributed by atoms with Gasteiger partial charge in [0.2, 0.25) is 5.91 Å². The van der Waals surface area contributed by atoms with E-state index < -0.39 is 12.1 Å². The predicted octanol–water partition coefficient (Wildman–Crippen LogP) is 0.287. The van der Waals surface area contributed by atoms with Crippen molar-refractivity contribution in [3.8, 4) is 11.8 Å². The van der Waals surface area contributed by atoms with E-state index in [1.165, 1.54) is 14.2 Å². The lowest BCUT2D eigenvalue weighted by atomic mass is 10.0. The van der Waals surface area contributed by atoms with Gasteiger partial charge >= 0.3 is 12.1 Å². The number of fused-ring (bicyclic) bond motifs is 1. The predicted molar refractivity (Wildman–Crippen MR) is 76.6 cm³/mol. The van der Waals surface area contributed by atoms with E-state index in [2.05, 4.69) is 26.6 Å². The molecule has 0 aliphatic carbocycles.